The number of carbonyl (C=O) groups is 1. The monoisotopic (exact) mass is 430 g/mol. The Bertz CT molecular complexity index is 961. The maximum Gasteiger partial charge on any atom is 0.253 e. The van der Waals surface area contributed by atoms with Crippen LogP contribution in [0.3, 0.4) is 0 Å². The first-order valence-electron chi connectivity index (χ1n) is 10.3. The lowest BCUT2D eigenvalue weighted by molar-refractivity contribution is 0.0713. The van der Waals surface area contributed by atoms with Crippen LogP contribution in [-0.2, 0) is 16.5 Å². The average Bonchev–Trinajstić information content (AvgIpc) is 3.17. The first kappa shape index (κ1) is 20.6. The lowest BCUT2D eigenvalue weighted by atomic mass is 9.88. The minimum absolute atomic E-state index is 0.0656. The number of rotatable bonds is 4. The van der Waals surface area contributed by atoms with Crippen LogP contribution in [0.1, 0.15) is 51.1 Å². The topological polar surface area (TPSA) is 63.4 Å². The van der Waals surface area contributed by atoms with Crippen LogP contribution in [0.25, 0.3) is 0 Å². The largest absolute Gasteiger partial charge is 0.339 e. The van der Waals surface area contributed by atoms with Crippen molar-refractivity contribution in [1.82, 2.24) is 4.90 Å². The van der Waals surface area contributed by atoms with Gasteiger partial charge in [-0.3, -0.25) is 9.00 Å². The number of benzene rings is 2. The number of hydrogen-bond donors (Lipinski definition) is 2. The van der Waals surface area contributed by atoms with Gasteiger partial charge in [0.15, 0.2) is 0 Å². The summed E-state index contributed by atoms with van der Waals surface area (Å²) >= 11 is 1.75. The number of carbonyl (C=O) groups excluding carboxylic acids is 1. The summed E-state index contributed by atoms with van der Waals surface area (Å²) in [7, 11) is -2.23. The van der Waals surface area contributed by atoms with E-state index < -0.39 is 9.93 Å². The van der Waals surface area contributed by atoms with E-state index in [0.29, 0.717) is 12.5 Å². The lowest BCUT2D eigenvalue weighted by Crippen LogP contribution is -2.38. The molecule has 1 fully saturated rings. The molecule has 1 unspecified atom stereocenters. The SMILES string of the molecule is C[SH](C)(=O)C1CSc2ccc(C(=O)N3CCC(c4cccc(CN)c4)CC3)cc21. The Balaban J connectivity index is 1.46. The van der Waals surface area contributed by atoms with Crippen LogP contribution in [0.15, 0.2) is 47.4 Å². The van der Waals surface area contributed by atoms with Gasteiger partial charge >= 0.3 is 0 Å². The molecule has 2 heterocycles. The van der Waals surface area contributed by atoms with Crippen molar-refractivity contribution in [3.05, 3.63) is 64.7 Å². The molecule has 1 atom stereocenters. The minimum Gasteiger partial charge on any atom is -0.339 e. The average molecular weight is 431 g/mol. The standard InChI is InChI=1S/C23H30N2O2S2/c1-29(2,27)22-15-28-21-7-6-19(13-20(21)22)23(26)25-10-8-17(9-11-25)18-5-3-4-16(12-18)14-24/h3-7,12-13,17,22,29H,8-11,14-15,24H2,1-2H3. The molecule has 4 rings (SSSR count). The Morgan fingerprint density at radius 2 is 1.93 bits per heavy atom. The third-order valence-corrected chi connectivity index (χ3v) is 9.60. The molecule has 0 aromatic heterocycles. The van der Waals surface area contributed by atoms with Crippen molar-refractivity contribution in [1.29, 1.82) is 0 Å². The maximum atomic E-state index is 13.1. The van der Waals surface area contributed by atoms with Gasteiger partial charge in [0.05, 0.1) is 0 Å². The van der Waals surface area contributed by atoms with Gasteiger partial charge in [0.2, 0.25) is 0 Å². The Morgan fingerprint density at radius 1 is 1.17 bits per heavy atom. The van der Waals surface area contributed by atoms with Crippen molar-refractivity contribution < 1.29 is 9.00 Å². The van der Waals surface area contributed by atoms with Gasteiger partial charge in [-0.05, 0) is 66.2 Å². The van der Waals surface area contributed by atoms with Crippen LogP contribution in [0.5, 0.6) is 0 Å². The van der Waals surface area contributed by atoms with E-state index in [9.17, 15) is 9.00 Å². The van der Waals surface area contributed by atoms with E-state index in [1.165, 1.54) is 10.5 Å². The summed E-state index contributed by atoms with van der Waals surface area (Å²) in [5.74, 6) is 1.43. The number of thioether (sulfide) groups is 1. The smallest absolute Gasteiger partial charge is 0.253 e. The van der Waals surface area contributed by atoms with Crippen molar-refractivity contribution >= 4 is 27.6 Å². The molecule has 2 aromatic rings. The van der Waals surface area contributed by atoms with Gasteiger partial charge in [0, 0.05) is 41.1 Å². The number of nitrogens with zero attached hydrogens (tertiary/aromatic N) is 1. The summed E-state index contributed by atoms with van der Waals surface area (Å²) in [5.41, 5.74) is 10.1. The Hall–Kier alpha value is -1.63. The molecule has 156 valence electrons. The zero-order valence-electron chi connectivity index (χ0n) is 17.1. The molecular weight excluding hydrogens is 400 g/mol. The number of likely N-dealkylation sites (tertiary alicyclic amines) is 1. The minimum atomic E-state index is -2.23. The van der Waals surface area contributed by atoms with Crippen molar-refractivity contribution in [2.24, 2.45) is 5.73 Å². The molecule has 0 aliphatic carbocycles. The fourth-order valence-electron chi connectivity index (χ4n) is 4.42. The number of nitrogens with two attached hydrogens (primary N) is 1. The van der Waals surface area contributed by atoms with E-state index in [0.717, 1.165) is 48.4 Å². The number of piperidine rings is 1. The second-order valence-corrected chi connectivity index (χ2v) is 13.1. The van der Waals surface area contributed by atoms with Crippen molar-refractivity contribution in [3.63, 3.8) is 0 Å². The second kappa shape index (κ2) is 8.25. The molecule has 0 spiro atoms. The zero-order valence-corrected chi connectivity index (χ0v) is 18.8. The number of amides is 1. The summed E-state index contributed by atoms with van der Waals surface area (Å²) in [6.45, 7) is 2.10. The van der Waals surface area contributed by atoms with E-state index in [4.69, 9.17) is 5.73 Å². The molecule has 2 N–H and O–H groups in total. The molecule has 0 bridgehead atoms. The third kappa shape index (κ3) is 4.30. The normalized spacial score (nSPS) is 20.5. The van der Waals surface area contributed by atoms with Gasteiger partial charge in [-0.25, -0.2) is 0 Å². The van der Waals surface area contributed by atoms with E-state index in [2.05, 4.69) is 24.3 Å². The molecule has 0 radical (unpaired) electrons. The van der Waals surface area contributed by atoms with E-state index >= 15 is 0 Å². The lowest BCUT2D eigenvalue weighted by Gasteiger charge is -2.32. The van der Waals surface area contributed by atoms with Gasteiger partial charge in [-0.15, -0.1) is 21.7 Å². The van der Waals surface area contributed by atoms with Crippen LogP contribution >= 0.6 is 11.8 Å². The summed E-state index contributed by atoms with van der Waals surface area (Å²) < 4.78 is 12.7. The van der Waals surface area contributed by atoms with Crippen molar-refractivity contribution in [2.45, 2.75) is 35.4 Å². The summed E-state index contributed by atoms with van der Waals surface area (Å²) in [6.07, 6.45) is 5.66. The quantitative estimate of drug-likeness (QED) is 0.728. The molecule has 2 aliphatic rings. The summed E-state index contributed by atoms with van der Waals surface area (Å²) in [6, 6.07) is 14.5. The van der Waals surface area contributed by atoms with Gasteiger partial charge in [-0.2, -0.15) is 0 Å². The van der Waals surface area contributed by atoms with Gasteiger partial charge in [0.1, 0.15) is 0 Å². The van der Waals surface area contributed by atoms with Crippen LogP contribution < -0.4 is 5.73 Å². The Kier molecular flexibility index (Phi) is 5.87. The van der Waals surface area contributed by atoms with Crippen LogP contribution in [0, 0.1) is 0 Å². The fraction of sp³-hybridized carbons (Fsp3) is 0.435. The van der Waals surface area contributed by atoms with Crippen LogP contribution in [-0.4, -0.2) is 46.4 Å². The first-order valence-corrected chi connectivity index (χ1v) is 13.9. The van der Waals surface area contributed by atoms with E-state index in [-0.39, 0.29) is 11.2 Å². The van der Waals surface area contributed by atoms with E-state index in [1.54, 1.807) is 11.8 Å². The molecule has 1 amide bonds. The zero-order chi connectivity index (χ0) is 20.6. The molecular formula is C23H30N2O2S2. The molecule has 1 saturated heterocycles. The third-order valence-electron chi connectivity index (χ3n) is 6.20. The Morgan fingerprint density at radius 3 is 2.62 bits per heavy atom. The van der Waals surface area contributed by atoms with Gasteiger partial charge in [-0.1, -0.05) is 24.3 Å². The summed E-state index contributed by atoms with van der Waals surface area (Å²) in [4.78, 5) is 16.3. The van der Waals surface area contributed by atoms with Crippen LogP contribution in [0.2, 0.25) is 0 Å². The molecule has 6 heteroatoms. The molecule has 4 nitrogen and oxygen atoms in total. The fourth-order valence-corrected chi connectivity index (χ4v) is 8.10. The van der Waals surface area contributed by atoms with Crippen molar-refractivity contribution in [3.8, 4) is 0 Å². The maximum absolute atomic E-state index is 13.1. The predicted octanol–water partition coefficient (Wildman–Crippen LogP) is 3.59. The summed E-state index contributed by atoms with van der Waals surface area (Å²) in [5, 5.41) is 0.0656. The number of fused-ring (bicyclic) bond motifs is 1. The number of hydrogen-bond acceptors (Lipinski definition) is 4. The first-order chi connectivity index (χ1) is 13.9. The highest BCUT2D eigenvalue weighted by Gasteiger charge is 2.31. The van der Waals surface area contributed by atoms with Gasteiger partial charge < -0.3 is 10.6 Å². The highest BCUT2D eigenvalue weighted by Crippen LogP contribution is 2.44. The van der Waals surface area contributed by atoms with E-state index in [1.807, 2.05) is 35.6 Å². The molecule has 2 aliphatic heterocycles. The van der Waals surface area contributed by atoms with Gasteiger partial charge in [0.25, 0.3) is 5.91 Å². The van der Waals surface area contributed by atoms with Crippen LogP contribution in [0.4, 0.5) is 0 Å². The predicted molar refractivity (Wildman–Crippen MR) is 124 cm³/mol. The number of thiol groups is 1. The highest BCUT2D eigenvalue weighted by atomic mass is 32.2. The molecule has 0 saturated carbocycles. The molecule has 29 heavy (non-hydrogen) atoms. The Labute approximate surface area is 178 Å². The van der Waals surface area contributed by atoms with Crippen molar-refractivity contribution in [2.75, 3.05) is 31.4 Å². The second-order valence-electron chi connectivity index (χ2n) is 8.53. The molecule has 2 aromatic carbocycles. The highest BCUT2D eigenvalue weighted by molar-refractivity contribution is 8.05.